The largest absolute Gasteiger partial charge is 0.354 e. The van der Waals surface area contributed by atoms with Gasteiger partial charge in [0.1, 0.15) is 0 Å². The van der Waals surface area contributed by atoms with E-state index in [1.54, 1.807) is 12.3 Å². The highest BCUT2D eigenvalue weighted by Gasteiger charge is 2.23. The Kier molecular flexibility index (Phi) is 4.75. The number of rotatable bonds is 5. The Hall–Kier alpha value is -1.16. The molecule has 1 aromatic rings. The average Bonchev–Trinajstić information content (AvgIpc) is 2.90. The standard InChI is InChI=1S/C15H24FN3/c1-11(2)18-10-12-8-9-17-15(14(12)16)19(3)13-6-4-5-7-13/h8-9,11,13,18H,4-7,10H2,1-3H3. The van der Waals surface area contributed by atoms with Crippen molar-refractivity contribution in [2.75, 3.05) is 11.9 Å². The molecule has 0 aromatic carbocycles. The minimum absolute atomic E-state index is 0.176. The first kappa shape index (κ1) is 14.3. The van der Waals surface area contributed by atoms with Gasteiger partial charge in [-0.3, -0.25) is 0 Å². The van der Waals surface area contributed by atoms with Gasteiger partial charge in [-0.15, -0.1) is 0 Å². The summed E-state index contributed by atoms with van der Waals surface area (Å²) < 4.78 is 14.5. The summed E-state index contributed by atoms with van der Waals surface area (Å²) in [5, 5.41) is 3.25. The van der Waals surface area contributed by atoms with Crippen molar-refractivity contribution in [3.8, 4) is 0 Å². The molecule has 0 radical (unpaired) electrons. The lowest BCUT2D eigenvalue weighted by molar-refractivity contribution is 0.541. The van der Waals surface area contributed by atoms with Gasteiger partial charge in [0.25, 0.3) is 0 Å². The van der Waals surface area contributed by atoms with Crippen LogP contribution < -0.4 is 10.2 Å². The zero-order valence-corrected chi connectivity index (χ0v) is 12.1. The second kappa shape index (κ2) is 6.33. The predicted molar refractivity (Wildman–Crippen MR) is 76.8 cm³/mol. The van der Waals surface area contributed by atoms with Crippen molar-refractivity contribution in [1.82, 2.24) is 10.3 Å². The predicted octanol–water partition coefficient (Wildman–Crippen LogP) is 3.10. The number of halogens is 1. The van der Waals surface area contributed by atoms with E-state index < -0.39 is 0 Å². The zero-order valence-electron chi connectivity index (χ0n) is 12.1. The van der Waals surface area contributed by atoms with Gasteiger partial charge in [-0.2, -0.15) is 0 Å². The van der Waals surface area contributed by atoms with E-state index in [1.807, 2.05) is 11.9 Å². The highest BCUT2D eigenvalue weighted by molar-refractivity contribution is 5.43. The highest BCUT2D eigenvalue weighted by Crippen LogP contribution is 2.28. The molecule has 2 rings (SSSR count). The summed E-state index contributed by atoms with van der Waals surface area (Å²) in [6.45, 7) is 4.67. The number of anilines is 1. The molecule has 1 saturated carbocycles. The van der Waals surface area contributed by atoms with Gasteiger partial charge < -0.3 is 10.2 Å². The molecule has 1 N–H and O–H groups in total. The van der Waals surface area contributed by atoms with Crippen LogP contribution in [0.3, 0.4) is 0 Å². The van der Waals surface area contributed by atoms with E-state index in [9.17, 15) is 4.39 Å². The molecule has 1 aliphatic carbocycles. The molecule has 19 heavy (non-hydrogen) atoms. The number of pyridine rings is 1. The third-order valence-electron chi connectivity index (χ3n) is 3.86. The lowest BCUT2D eigenvalue weighted by Crippen LogP contribution is -2.31. The molecule has 4 heteroatoms. The molecule has 1 heterocycles. The van der Waals surface area contributed by atoms with E-state index in [1.165, 1.54) is 12.8 Å². The van der Waals surface area contributed by atoms with Crippen molar-refractivity contribution in [2.24, 2.45) is 0 Å². The van der Waals surface area contributed by atoms with Gasteiger partial charge in [0.15, 0.2) is 11.6 Å². The number of hydrogen-bond acceptors (Lipinski definition) is 3. The molecule has 0 amide bonds. The maximum absolute atomic E-state index is 14.5. The van der Waals surface area contributed by atoms with Crippen LogP contribution in [0.25, 0.3) is 0 Å². The van der Waals surface area contributed by atoms with Crippen molar-refractivity contribution in [1.29, 1.82) is 0 Å². The third-order valence-corrected chi connectivity index (χ3v) is 3.86. The van der Waals surface area contributed by atoms with E-state index in [0.29, 0.717) is 30.0 Å². The summed E-state index contributed by atoms with van der Waals surface area (Å²) in [5.41, 5.74) is 0.698. The van der Waals surface area contributed by atoms with Crippen LogP contribution >= 0.6 is 0 Å². The van der Waals surface area contributed by atoms with E-state index in [-0.39, 0.29) is 5.82 Å². The Morgan fingerprint density at radius 2 is 2.11 bits per heavy atom. The molecule has 106 valence electrons. The molecule has 0 aliphatic heterocycles. The third kappa shape index (κ3) is 3.44. The molecule has 1 aromatic heterocycles. The van der Waals surface area contributed by atoms with Gasteiger partial charge in [0, 0.05) is 37.4 Å². The van der Waals surface area contributed by atoms with Crippen LogP contribution in [0.4, 0.5) is 10.2 Å². The summed E-state index contributed by atoms with van der Waals surface area (Å²) in [6, 6.07) is 2.55. The minimum atomic E-state index is -0.176. The molecule has 1 aliphatic rings. The van der Waals surface area contributed by atoms with Crippen LogP contribution in [0.5, 0.6) is 0 Å². The van der Waals surface area contributed by atoms with Crippen LogP contribution in [0.1, 0.15) is 45.1 Å². The topological polar surface area (TPSA) is 28.2 Å². The first-order valence-corrected chi connectivity index (χ1v) is 7.19. The fourth-order valence-corrected chi connectivity index (χ4v) is 2.63. The van der Waals surface area contributed by atoms with E-state index in [2.05, 4.69) is 24.1 Å². The average molecular weight is 265 g/mol. The molecule has 3 nitrogen and oxygen atoms in total. The quantitative estimate of drug-likeness (QED) is 0.886. The molecule has 0 unspecified atom stereocenters. The molecule has 0 spiro atoms. The monoisotopic (exact) mass is 265 g/mol. The van der Waals surface area contributed by atoms with Crippen molar-refractivity contribution in [3.05, 3.63) is 23.6 Å². The van der Waals surface area contributed by atoms with Crippen LogP contribution in [0, 0.1) is 5.82 Å². The molecule has 0 saturated heterocycles. The van der Waals surface area contributed by atoms with Gasteiger partial charge in [-0.05, 0) is 18.9 Å². The molecule has 0 bridgehead atoms. The summed E-state index contributed by atoms with van der Waals surface area (Å²) in [4.78, 5) is 6.25. The summed E-state index contributed by atoms with van der Waals surface area (Å²) >= 11 is 0. The SMILES string of the molecule is CC(C)NCc1ccnc(N(C)C2CCCC2)c1F. The summed E-state index contributed by atoms with van der Waals surface area (Å²) in [5.74, 6) is 0.319. The van der Waals surface area contributed by atoms with Gasteiger partial charge >= 0.3 is 0 Å². The van der Waals surface area contributed by atoms with Gasteiger partial charge in [0.05, 0.1) is 0 Å². The minimum Gasteiger partial charge on any atom is -0.354 e. The maximum Gasteiger partial charge on any atom is 0.170 e. The number of nitrogens with zero attached hydrogens (tertiary/aromatic N) is 2. The molecule has 0 atom stereocenters. The van der Waals surface area contributed by atoms with Crippen LogP contribution in [-0.4, -0.2) is 24.1 Å². The Morgan fingerprint density at radius 3 is 2.74 bits per heavy atom. The van der Waals surface area contributed by atoms with Gasteiger partial charge in [-0.1, -0.05) is 26.7 Å². The van der Waals surface area contributed by atoms with Gasteiger partial charge in [0.2, 0.25) is 0 Å². The normalized spacial score (nSPS) is 16.3. The number of aromatic nitrogens is 1. The van der Waals surface area contributed by atoms with Crippen molar-refractivity contribution in [3.63, 3.8) is 0 Å². The lowest BCUT2D eigenvalue weighted by Gasteiger charge is -2.26. The van der Waals surface area contributed by atoms with E-state index in [4.69, 9.17) is 0 Å². The van der Waals surface area contributed by atoms with E-state index in [0.717, 1.165) is 12.8 Å². The fourth-order valence-electron chi connectivity index (χ4n) is 2.63. The summed E-state index contributed by atoms with van der Waals surface area (Å²) in [6.07, 6.45) is 6.48. The van der Waals surface area contributed by atoms with Crippen molar-refractivity contribution >= 4 is 5.82 Å². The second-order valence-electron chi connectivity index (χ2n) is 5.69. The van der Waals surface area contributed by atoms with Crippen LogP contribution in [0.15, 0.2) is 12.3 Å². The Balaban J connectivity index is 2.14. The maximum atomic E-state index is 14.5. The number of hydrogen-bond donors (Lipinski definition) is 1. The smallest absolute Gasteiger partial charge is 0.170 e. The van der Waals surface area contributed by atoms with Crippen LogP contribution in [0.2, 0.25) is 0 Å². The Labute approximate surface area is 115 Å². The van der Waals surface area contributed by atoms with Crippen molar-refractivity contribution in [2.45, 2.75) is 58.2 Å². The lowest BCUT2D eigenvalue weighted by atomic mass is 10.2. The van der Waals surface area contributed by atoms with Crippen molar-refractivity contribution < 1.29 is 4.39 Å². The first-order valence-electron chi connectivity index (χ1n) is 7.19. The first-order chi connectivity index (χ1) is 9.09. The zero-order chi connectivity index (χ0) is 13.8. The fraction of sp³-hybridized carbons (Fsp3) is 0.667. The number of nitrogens with one attached hydrogen (secondary N) is 1. The summed E-state index contributed by atoms with van der Waals surface area (Å²) in [7, 11) is 1.96. The molecular weight excluding hydrogens is 241 g/mol. The van der Waals surface area contributed by atoms with Crippen LogP contribution in [-0.2, 0) is 6.54 Å². The highest BCUT2D eigenvalue weighted by atomic mass is 19.1. The molecular formula is C15H24FN3. The molecule has 1 fully saturated rings. The van der Waals surface area contributed by atoms with E-state index >= 15 is 0 Å². The Bertz CT molecular complexity index is 414. The van der Waals surface area contributed by atoms with Gasteiger partial charge in [-0.25, -0.2) is 9.37 Å². The Morgan fingerprint density at radius 1 is 1.42 bits per heavy atom. The second-order valence-corrected chi connectivity index (χ2v) is 5.69.